The van der Waals surface area contributed by atoms with E-state index in [9.17, 15) is 9.59 Å². The molecule has 3 aromatic rings. The number of benzene rings is 3. The van der Waals surface area contributed by atoms with Crippen molar-refractivity contribution in [3.05, 3.63) is 113 Å². The zero-order valence-electron chi connectivity index (χ0n) is 26.1. The number of allylic oxidation sites excluding steroid dienone is 2. The van der Waals surface area contributed by atoms with Crippen molar-refractivity contribution in [3.63, 3.8) is 0 Å². The van der Waals surface area contributed by atoms with Crippen molar-refractivity contribution in [1.82, 2.24) is 20.9 Å². The van der Waals surface area contributed by atoms with Crippen LogP contribution in [-0.2, 0) is 4.79 Å². The predicted octanol–water partition coefficient (Wildman–Crippen LogP) is 5.16. The van der Waals surface area contributed by atoms with E-state index in [2.05, 4.69) is 69.8 Å². The van der Waals surface area contributed by atoms with E-state index >= 15 is 0 Å². The number of nitrogens with one attached hydrogen (secondary N) is 5. The number of carbonyl (C=O) groups is 2. The molecule has 0 bridgehead atoms. The van der Waals surface area contributed by atoms with Gasteiger partial charge < -0.3 is 31.6 Å². The Morgan fingerprint density at radius 3 is 2.23 bits per heavy atom. The molecule has 1 aliphatic heterocycles. The maximum atomic E-state index is 13.9. The van der Waals surface area contributed by atoms with Gasteiger partial charge in [0.05, 0.1) is 6.04 Å². The van der Waals surface area contributed by atoms with Crippen LogP contribution < -0.4 is 21.3 Å². The van der Waals surface area contributed by atoms with Crippen LogP contribution in [0, 0.1) is 5.41 Å². The molecule has 2 amide bonds. The molecule has 44 heavy (non-hydrogen) atoms. The Bertz CT molecular complexity index is 1350. The first-order valence-corrected chi connectivity index (χ1v) is 15.5. The highest BCUT2D eigenvalue weighted by Crippen LogP contribution is 2.27. The van der Waals surface area contributed by atoms with Gasteiger partial charge in [-0.15, -0.1) is 0 Å². The quantitative estimate of drug-likeness (QED) is 0.131. The molecule has 0 aromatic heterocycles. The Balaban J connectivity index is 1.43. The molecule has 5 N–H and O–H groups in total. The Hall–Kier alpha value is -4.27. The van der Waals surface area contributed by atoms with Gasteiger partial charge in [0.2, 0.25) is 5.91 Å². The van der Waals surface area contributed by atoms with Gasteiger partial charge in [0, 0.05) is 54.3 Å². The van der Waals surface area contributed by atoms with Gasteiger partial charge in [0.1, 0.15) is 0 Å². The maximum Gasteiger partial charge on any atom is 0.251 e. The third-order valence-corrected chi connectivity index (χ3v) is 7.95. The Labute approximate surface area is 261 Å². The predicted molar refractivity (Wildman–Crippen MR) is 179 cm³/mol. The molecule has 4 rings (SSSR count). The molecule has 0 saturated carbocycles. The minimum Gasteiger partial charge on any atom is -0.359 e. The summed E-state index contributed by atoms with van der Waals surface area (Å²) in [6.45, 7) is 6.12. The average Bonchev–Trinajstić information content (AvgIpc) is 3.17. The first kappa shape index (κ1) is 32.6. The van der Waals surface area contributed by atoms with Crippen molar-refractivity contribution in [2.24, 2.45) is 0 Å². The number of hydrogen-bond acceptors (Lipinski definition) is 6. The van der Waals surface area contributed by atoms with Crippen molar-refractivity contribution >= 4 is 23.2 Å². The van der Waals surface area contributed by atoms with Crippen LogP contribution in [0.4, 0.5) is 5.69 Å². The van der Waals surface area contributed by atoms with E-state index in [0.717, 1.165) is 37.2 Å². The zero-order chi connectivity index (χ0) is 31.3. The van der Waals surface area contributed by atoms with E-state index in [1.807, 2.05) is 43.1 Å². The summed E-state index contributed by atoms with van der Waals surface area (Å²) >= 11 is 0. The zero-order valence-corrected chi connectivity index (χ0v) is 26.1. The third-order valence-electron chi connectivity index (χ3n) is 7.95. The molecule has 2 atom stereocenters. The molecule has 232 valence electrons. The highest BCUT2D eigenvalue weighted by molar-refractivity contribution is 5.94. The van der Waals surface area contributed by atoms with Crippen LogP contribution in [0.25, 0.3) is 0 Å². The molecule has 3 aromatic carbocycles. The molecular formula is C36H46N6O2. The highest BCUT2D eigenvalue weighted by Gasteiger charge is 2.32. The summed E-state index contributed by atoms with van der Waals surface area (Å²) in [5.41, 5.74) is 5.15. The Kier molecular flexibility index (Phi) is 12.3. The number of anilines is 1. The number of nitrogens with zero attached hydrogens (tertiary/aromatic N) is 1. The molecular weight excluding hydrogens is 548 g/mol. The molecule has 0 aliphatic carbocycles. The van der Waals surface area contributed by atoms with E-state index in [1.165, 1.54) is 11.1 Å². The summed E-state index contributed by atoms with van der Waals surface area (Å²) in [5.74, 6) is 0.0483. The minimum absolute atomic E-state index is 0.0301. The lowest BCUT2D eigenvalue weighted by molar-refractivity contribution is -0.133. The lowest BCUT2D eigenvalue weighted by Crippen LogP contribution is -2.49. The molecule has 0 radical (unpaired) electrons. The SMILES string of the molecule is CNCCCC1NC(CNC(=O)c2ccc(N/C(C)=C\C(C)=N)cc2)CCN(CC(c2ccccc2)c2ccccc2)C1=O. The van der Waals surface area contributed by atoms with Crippen molar-refractivity contribution < 1.29 is 9.59 Å². The topological polar surface area (TPSA) is 109 Å². The van der Waals surface area contributed by atoms with Gasteiger partial charge in [0.15, 0.2) is 0 Å². The van der Waals surface area contributed by atoms with Crippen molar-refractivity contribution in [3.8, 4) is 0 Å². The molecule has 8 heteroatoms. The standard InChI is InChI=1S/C36H46N6O2/c1-26(37)23-27(2)40-31-18-16-30(17-19-31)35(43)39-24-32-20-22-42(36(44)34(41-32)15-10-21-38-3)25-33(28-11-6-4-7-12-28)29-13-8-5-9-14-29/h4-9,11-14,16-19,23,32-34,37-38,40-41H,10,15,20-22,24-25H2,1-3H3,(H,39,43)/b27-23-,37-26?. The van der Waals surface area contributed by atoms with E-state index in [-0.39, 0.29) is 29.8 Å². The first-order chi connectivity index (χ1) is 21.3. The van der Waals surface area contributed by atoms with E-state index in [1.54, 1.807) is 25.1 Å². The summed E-state index contributed by atoms with van der Waals surface area (Å²) < 4.78 is 0. The van der Waals surface area contributed by atoms with Gasteiger partial charge in [-0.3, -0.25) is 9.59 Å². The average molecular weight is 595 g/mol. The van der Waals surface area contributed by atoms with Crippen LogP contribution in [0.15, 0.2) is 96.7 Å². The fraction of sp³-hybridized carbons (Fsp3) is 0.361. The summed E-state index contributed by atoms with van der Waals surface area (Å²) in [5, 5.41) is 20.7. The minimum atomic E-state index is -0.314. The van der Waals surface area contributed by atoms with Crippen LogP contribution in [0.1, 0.15) is 60.5 Å². The van der Waals surface area contributed by atoms with Gasteiger partial charge in [-0.05, 0) is 88.2 Å². The third kappa shape index (κ3) is 9.62. The molecule has 8 nitrogen and oxygen atoms in total. The second-order valence-corrected chi connectivity index (χ2v) is 11.5. The molecule has 1 fully saturated rings. The fourth-order valence-electron chi connectivity index (χ4n) is 5.72. The molecule has 1 heterocycles. The molecule has 1 saturated heterocycles. The summed E-state index contributed by atoms with van der Waals surface area (Å²) in [4.78, 5) is 29.0. The van der Waals surface area contributed by atoms with Gasteiger partial charge >= 0.3 is 0 Å². The summed E-state index contributed by atoms with van der Waals surface area (Å²) in [7, 11) is 1.93. The van der Waals surface area contributed by atoms with Gasteiger partial charge in [-0.2, -0.15) is 0 Å². The van der Waals surface area contributed by atoms with Crippen LogP contribution in [-0.4, -0.2) is 67.7 Å². The molecule has 0 spiro atoms. The van der Waals surface area contributed by atoms with E-state index in [4.69, 9.17) is 5.41 Å². The largest absolute Gasteiger partial charge is 0.359 e. The van der Waals surface area contributed by atoms with Gasteiger partial charge in [-0.25, -0.2) is 0 Å². The van der Waals surface area contributed by atoms with Crippen LogP contribution in [0.2, 0.25) is 0 Å². The number of hydrogen-bond donors (Lipinski definition) is 5. The molecule has 2 unspecified atom stereocenters. The van der Waals surface area contributed by atoms with Crippen molar-refractivity contribution in [1.29, 1.82) is 5.41 Å². The van der Waals surface area contributed by atoms with Crippen LogP contribution in [0.5, 0.6) is 0 Å². The number of rotatable bonds is 14. The second kappa shape index (κ2) is 16.5. The van der Waals surface area contributed by atoms with Crippen LogP contribution in [0.3, 0.4) is 0 Å². The Morgan fingerprint density at radius 2 is 1.64 bits per heavy atom. The lowest BCUT2D eigenvalue weighted by atomic mass is 9.90. The highest BCUT2D eigenvalue weighted by atomic mass is 16.2. The van der Waals surface area contributed by atoms with E-state index < -0.39 is 0 Å². The Morgan fingerprint density at radius 1 is 1.00 bits per heavy atom. The second-order valence-electron chi connectivity index (χ2n) is 11.5. The normalized spacial score (nSPS) is 17.3. The first-order valence-electron chi connectivity index (χ1n) is 15.5. The van der Waals surface area contributed by atoms with Crippen LogP contribution >= 0.6 is 0 Å². The van der Waals surface area contributed by atoms with Crippen molar-refractivity contribution in [2.75, 3.05) is 38.5 Å². The lowest BCUT2D eigenvalue weighted by Gasteiger charge is -2.29. The van der Waals surface area contributed by atoms with Crippen molar-refractivity contribution in [2.45, 2.75) is 51.1 Å². The number of carbonyl (C=O) groups excluding carboxylic acids is 2. The smallest absolute Gasteiger partial charge is 0.251 e. The summed E-state index contributed by atoms with van der Waals surface area (Å²) in [6, 6.07) is 27.8. The molecule has 1 aliphatic rings. The maximum absolute atomic E-state index is 13.9. The fourth-order valence-corrected chi connectivity index (χ4v) is 5.72. The van der Waals surface area contributed by atoms with Gasteiger partial charge in [0.25, 0.3) is 5.91 Å². The summed E-state index contributed by atoms with van der Waals surface area (Å²) in [6.07, 6.45) is 4.09. The van der Waals surface area contributed by atoms with Gasteiger partial charge in [-0.1, -0.05) is 60.7 Å². The van der Waals surface area contributed by atoms with E-state index in [0.29, 0.717) is 30.9 Å². The number of amides is 2. The monoisotopic (exact) mass is 594 g/mol.